The summed E-state index contributed by atoms with van der Waals surface area (Å²) in [5.74, 6) is 0.549. The van der Waals surface area contributed by atoms with Gasteiger partial charge in [0.2, 0.25) is 5.91 Å². The van der Waals surface area contributed by atoms with E-state index in [1.54, 1.807) is 6.26 Å². The van der Waals surface area contributed by atoms with Crippen LogP contribution < -0.4 is 10.6 Å². The van der Waals surface area contributed by atoms with Crippen molar-refractivity contribution in [3.8, 4) is 0 Å². The van der Waals surface area contributed by atoms with Crippen molar-refractivity contribution in [3.63, 3.8) is 0 Å². The van der Waals surface area contributed by atoms with Crippen molar-refractivity contribution < 1.29 is 9.00 Å². The molecule has 0 fully saturated rings. The molecule has 4 nitrogen and oxygen atoms in total. The van der Waals surface area contributed by atoms with Crippen LogP contribution in [0.5, 0.6) is 0 Å². The average Bonchev–Trinajstić information content (AvgIpc) is 2.26. The van der Waals surface area contributed by atoms with Crippen molar-refractivity contribution in [1.82, 2.24) is 5.32 Å². The molecule has 18 heavy (non-hydrogen) atoms. The fourth-order valence-electron chi connectivity index (χ4n) is 1.68. The highest BCUT2D eigenvalue weighted by molar-refractivity contribution is 7.84. The number of amides is 1. The van der Waals surface area contributed by atoms with Crippen LogP contribution in [0.3, 0.4) is 0 Å². The third-order valence-electron chi connectivity index (χ3n) is 2.45. The van der Waals surface area contributed by atoms with Crippen LogP contribution in [-0.4, -0.2) is 28.2 Å². The molecule has 0 aliphatic rings. The molecular formula is C13H20N2O2S. The number of rotatable bonds is 6. The van der Waals surface area contributed by atoms with Gasteiger partial charge in [-0.2, -0.15) is 0 Å². The Morgan fingerprint density at radius 1 is 1.39 bits per heavy atom. The molecule has 0 aliphatic carbocycles. The van der Waals surface area contributed by atoms with Gasteiger partial charge in [-0.05, 0) is 18.6 Å². The fourth-order valence-corrected chi connectivity index (χ4v) is 2.50. The summed E-state index contributed by atoms with van der Waals surface area (Å²) in [5, 5.41) is 6.10. The molecule has 1 aromatic carbocycles. The Bertz CT molecular complexity index is 435. The molecule has 0 aromatic heterocycles. The highest BCUT2D eigenvalue weighted by Crippen LogP contribution is 2.14. The predicted octanol–water partition coefficient (Wildman–Crippen LogP) is 1.50. The molecule has 0 saturated carbocycles. The molecule has 0 radical (unpaired) electrons. The Morgan fingerprint density at radius 3 is 2.67 bits per heavy atom. The zero-order valence-electron chi connectivity index (χ0n) is 11.0. The van der Waals surface area contributed by atoms with Gasteiger partial charge in [-0.15, -0.1) is 0 Å². The average molecular weight is 268 g/mol. The maximum absolute atomic E-state index is 11.1. The van der Waals surface area contributed by atoms with Gasteiger partial charge in [-0.3, -0.25) is 9.00 Å². The summed E-state index contributed by atoms with van der Waals surface area (Å²) in [6.45, 7) is 4.14. The summed E-state index contributed by atoms with van der Waals surface area (Å²) in [6, 6.07) is 7.85. The van der Waals surface area contributed by atoms with Gasteiger partial charge in [-0.25, -0.2) is 0 Å². The Balaban J connectivity index is 2.61. The van der Waals surface area contributed by atoms with E-state index in [2.05, 4.69) is 10.6 Å². The predicted molar refractivity (Wildman–Crippen MR) is 76.0 cm³/mol. The van der Waals surface area contributed by atoms with E-state index in [0.717, 1.165) is 11.3 Å². The molecule has 5 heteroatoms. The van der Waals surface area contributed by atoms with Crippen molar-refractivity contribution in [1.29, 1.82) is 0 Å². The number of nitrogens with one attached hydrogen (secondary N) is 2. The second kappa shape index (κ2) is 7.28. The molecule has 100 valence electrons. The summed E-state index contributed by atoms with van der Waals surface area (Å²) < 4.78 is 11.1. The smallest absolute Gasteiger partial charge is 0.221 e. The number of carbonyl (C=O) groups is 1. The van der Waals surface area contributed by atoms with Gasteiger partial charge in [0.25, 0.3) is 0 Å². The van der Waals surface area contributed by atoms with Crippen LogP contribution in [0.1, 0.15) is 19.4 Å². The lowest BCUT2D eigenvalue weighted by Crippen LogP contribution is -2.30. The van der Waals surface area contributed by atoms with Gasteiger partial charge in [0.1, 0.15) is 0 Å². The summed E-state index contributed by atoms with van der Waals surface area (Å²) in [6.07, 6.45) is 1.70. The van der Waals surface area contributed by atoms with Crippen molar-refractivity contribution in [2.75, 3.05) is 17.3 Å². The van der Waals surface area contributed by atoms with Crippen molar-refractivity contribution in [2.45, 2.75) is 26.4 Å². The first-order valence-electron chi connectivity index (χ1n) is 5.88. The summed E-state index contributed by atoms with van der Waals surface area (Å²) in [4.78, 5) is 11.1. The maximum Gasteiger partial charge on any atom is 0.221 e. The van der Waals surface area contributed by atoms with E-state index in [1.165, 1.54) is 6.92 Å². The Labute approximate surface area is 111 Å². The second-order valence-corrected chi connectivity index (χ2v) is 5.84. The Morgan fingerprint density at radius 2 is 2.06 bits per heavy atom. The minimum atomic E-state index is -0.800. The van der Waals surface area contributed by atoms with Crippen LogP contribution in [0.15, 0.2) is 24.3 Å². The number of hydrogen-bond acceptors (Lipinski definition) is 3. The van der Waals surface area contributed by atoms with Gasteiger partial charge >= 0.3 is 0 Å². The summed E-state index contributed by atoms with van der Waals surface area (Å²) in [5.41, 5.74) is 1.85. The first kappa shape index (κ1) is 14.9. The second-order valence-electron chi connectivity index (χ2n) is 4.36. The quantitative estimate of drug-likeness (QED) is 0.822. The lowest BCUT2D eigenvalue weighted by Gasteiger charge is -2.15. The SMILES string of the molecule is CC(=O)Nc1ccccc1CNC(C)CS(C)=O. The standard InChI is InChI=1S/C13H20N2O2S/c1-10(9-18(3)17)14-8-12-6-4-5-7-13(12)15-11(2)16/h4-7,10,14H,8-9H2,1-3H3,(H,15,16). The first-order valence-corrected chi connectivity index (χ1v) is 7.60. The van der Waals surface area contributed by atoms with Crippen molar-refractivity contribution in [2.24, 2.45) is 0 Å². The van der Waals surface area contributed by atoms with Crippen LogP contribution in [0.4, 0.5) is 5.69 Å². The van der Waals surface area contributed by atoms with E-state index in [0.29, 0.717) is 12.3 Å². The summed E-state index contributed by atoms with van der Waals surface area (Å²) >= 11 is 0. The molecule has 0 spiro atoms. The monoisotopic (exact) mass is 268 g/mol. The molecule has 0 heterocycles. The third-order valence-corrected chi connectivity index (χ3v) is 3.42. The van der Waals surface area contributed by atoms with Gasteiger partial charge in [0, 0.05) is 48.0 Å². The van der Waals surface area contributed by atoms with Crippen LogP contribution in [0.2, 0.25) is 0 Å². The number of anilines is 1. The van der Waals surface area contributed by atoms with Crippen LogP contribution >= 0.6 is 0 Å². The third kappa shape index (κ3) is 5.42. The van der Waals surface area contributed by atoms with Crippen LogP contribution in [0.25, 0.3) is 0 Å². The van der Waals surface area contributed by atoms with Crippen LogP contribution in [-0.2, 0) is 22.1 Å². The van der Waals surface area contributed by atoms with Crippen LogP contribution in [0, 0.1) is 0 Å². The van der Waals surface area contributed by atoms with E-state index in [1.807, 2.05) is 31.2 Å². The zero-order valence-corrected chi connectivity index (χ0v) is 11.8. The van der Waals surface area contributed by atoms with Gasteiger partial charge < -0.3 is 10.6 Å². The Hall–Kier alpha value is -1.20. The van der Waals surface area contributed by atoms with Gasteiger partial charge in [0.05, 0.1) is 0 Å². The van der Waals surface area contributed by atoms with Gasteiger partial charge in [-0.1, -0.05) is 18.2 Å². The number of carbonyl (C=O) groups excluding carboxylic acids is 1. The van der Waals surface area contributed by atoms with E-state index in [9.17, 15) is 9.00 Å². The first-order chi connectivity index (χ1) is 8.49. The number of benzene rings is 1. The highest BCUT2D eigenvalue weighted by Gasteiger charge is 2.06. The molecule has 1 rings (SSSR count). The molecule has 1 amide bonds. The highest BCUT2D eigenvalue weighted by atomic mass is 32.2. The molecule has 0 bridgehead atoms. The number of hydrogen-bond donors (Lipinski definition) is 2. The molecule has 2 unspecified atom stereocenters. The molecule has 2 atom stereocenters. The molecular weight excluding hydrogens is 248 g/mol. The Kier molecular flexibility index (Phi) is 6.01. The van der Waals surface area contributed by atoms with E-state index < -0.39 is 10.8 Å². The van der Waals surface area contributed by atoms with E-state index in [4.69, 9.17) is 0 Å². The molecule has 2 N–H and O–H groups in total. The van der Waals surface area contributed by atoms with Crippen molar-refractivity contribution in [3.05, 3.63) is 29.8 Å². The molecule has 1 aromatic rings. The minimum Gasteiger partial charge on any atom is -0.326 e. The normalized spacial score (nSPS) is 13.9. The lowest BCUT2D eigenvalue weighted by atomic mass is 10.1. The van der Waals surface area contributed by atoms with Crippen molar-refractivity contribution >= 4 is 22.4 Å². The number of para-hydroxylation sites is 1. The fraction of sp³-hybridized carbons (Fsp3) is 0.462. The molecule has 0 aliphatic heterocycles. The lowest BCUT2D eigenvalue weighted by molar-refractivity contribution is -0.114. The largest absolute Gasteiger partial charge is 0.326 e. The van der Waals surface area contributed by atoms with E-state index >= 15 is 0 Å². The van der Waals surface area contributed by atoms with E-state index in [-0.39, 0.29) is 11.9 Å². The zero-order chi connectivity index (χ0) is 13.5. The molecule has 0 saturated heterocycles. The summed E-state index contributed by atoms with van der Waals surface area (Å²) in [7, 11) is -0.800. The maximum atomic E-state index is 11.1. The topological polar surface area (TPSA) is 58.2 Å². The van der Waals surface area contributed by atoms with Gasteiger partial charge in [0.15, 0.2) is 0 Å². The minimum absolute atomic E-state index is 0.0786.